The summed E-state index contributed by atoms with van der Waals surface area (Å²) in [7, 11) is 0. The van der Waals surface area contributed by atoms with Gasteiger partial charge in [-0.3, -0.25) is 24.3 Å². The number of halogens is 3. The van der Waals surface area contributed by atoms with Crippen LogP contribution in [0.2, 0.25) is 0 Å². The first kappa shape index (κ1) is 21.2. The van der Waals surface area contributed by atoms with E-state index in [1.807, 2.05) is 0 Å². The minimum Gasteiger partial charge on any atom is -0.420 e. The van der Waals surface area contributed by atoms with Gasteiger partial charge >= 0.3 is 17.9 Å². The maximum atomic E-state index is 13.0. The van der Waals surface area contributed by atoms with Crippen LogP contribution in [-0.4, -0.2) is 46.2 Å². The largest absolute Gasteiger partial charge is 0.461 e. The maximum Gasteiger partial charge on any atom is 0.461 e. The number of rotatable bonds is 5. The Morgan fingerprint density at radius 2 is 1.66 bits per heavy atom. The first-order valence-corrected chi connectivity index (χ1v) is 9.33. The molecule has 0 radical (unpaired) electrons. The fourth-order valence-electron chi connectivity index (χ4n) is 3.45. The van der Waals surface area contributed by atoms with Crippen molar-refractivity contribution < 1.29 is 37.1 Å². The van der Waals surface area contributed by atoms with Crippen molar-refractivity contribution >= 4 is 34.3 Å². The molecule has 0 atom stereocenters. The summed E-state index contributed by atoms with van der Waals surface area (Å²) in [5.74, 6) is -6.33. The molecular formula is C22H13F3N2O5. The number of carbonyl (C=O) groups is 4. The zero-order valence-corrected chi connectivity index (χ0v) is 16.2. The molecule has 0 bridgehead atoms. The Morgan fingerprint density at radius 3 is 2.31 bits per heavy atom. The van der Waals surface area contributed by atoms with E-state index in [0.29, 0.717) is 12.1 Å². The normalized spacial score (nSPS) is 13.4. The number of pyridine rings is 1. The van der Waals surface area contributed by atoms with Crippen LogP contribution in [-0.2, 0) is 16.0 Å². The Bertz CT molecular complexity index is 1250. The maximum absolute atomic E-state index is 13.0. The van der Waals surface area contributed by atoms with E-state index in [1.54, 1.807) is 24.4 Å². The quantitative estimate of drug-likeness (QED) is 0.261. The molecule has 0 N–H and O–H groups in total. The van der Waals surface area contributed by atoms with Crippen LogP contribution in [0.25, 0.3) is 10.8 Å². The van der Waals surface area contributed by atoms with Crippen LogP contribution in [0.3, 0.4) is 0 Å². The highest BCUT2D eigenvalue weighted by molar-refractivity contribution is 6.36. The van der Waals surface area contributed by atoms with E-state index in [2.05, 4.69) is 9.72 Å². The molecule has 162 valence electrons. The zero-order valence-electron chi connectivity index (χ0n) is 16.2. The predicted octanol–water partition coefficient (Wildman–Crippen LogP) is 3.11. The number of alkyl halides is 3. The number of hydrogen-bond donors (Lipinski definition) is 0. The summed E-state index contributed by atoms with van der Waals surface area (Å²) in [5, 5.41) is 0.204. The van der Waals surface area contributed by atoms with E-state index in [4.69, 9.17) is 0 Å². The molecule has 7 nitrogen and oxygen atoms in total. The highest BCUT2D eigenvalue weighted by Gasteiger charge is 2.45. The number of ether oxygens (including phenoxy) is 1. The highest BCUT2D eigenvalue weighted by atomic mass is 19.4. The molecule has 0 aliphatic carbocycles. The van der Waals surface area contributed by atoms with Crippen LogP contribution in [0.15, 0.2) is 54.7 Å². The van der Waals surface area contributed by atoms with E-state index in [9.17, 15) is 32.3 Å². The average Bonchev–Trinajstić information content (AvgIpc) is 2.77. The Morgan fingerprint density at radius 1 is 0.938 bits per heavy atom. The minimum absolute atomic E-state index is 0.0643. The molecule has 1 aliphatic rings. The zero-order chi connectivity index (χ0) is 23.0. The third-order valence-electron chi connectivity index (χ3n) is 4.91. The van der Waals surface area contributed by atoms with Gasteiger partial charge in [-0.15, -0.1) is 0 Å². The second-order valence-electron chi connectivity index (χ2n) is 6.89. The summed E-state index contributed by atoms with van der Waals surface area (Å²) in [6.07, 6.45) is -3.46. The molecule has 0 fully saturated rings. The van der Waals surface area contributed by atoms with Gasteiger partial charge in [0.2, 0.25) is 0 Å². The van der Waals surface area contributed by atoms with Crippen LogP contribution in [0, 0.1) is 0 Å². The molecule has 2 heterocycles. The van der Waals surface area contributed by atoms with Gasteiger partial charge in [-0.05, 0) is 30.3 Å². The first-order chi connectivity index (χ1) is 15.2. The second kappa shape index (κ2) is 7.88. The van der Waals surface area contributed by atoms with E-state index in [1.165, 1.54) is 24.3 Å². The lowest BCUT2D eigenvalue weighted by molar-refractivity contribution is -0.179. The van der Waals surface area contributed by atoms with Crippen LogP contribution >= 0.6 is 0 Å². The highest BCUT2D eigenvalue weighted by Crippen LogP contribution is 2.36. The van der Waals surface area contributed by atoms with E-state index in [0.717, 1.165) is 11.0 Å². The number of aromatic nitrogens is 1. The number of imide groups is 1. The van der Waals surface area contributed by atoms with Crippen molar-refractivity contribution in [2.24, 2.45) is 0 Å². The molecule has 2 aromatic carbocycles. The number of amides is 2. The van der Waals surface area contributed by atoms with Gasteiger partial charge in [0.05, 0.1) is 0 Å². The van der Waals surface area contributed by atoms with Crippen molar-refractivity contribution in [1.29, 1.82) is 0 Å². The van der Waals surface area contributed by atoms with Gasteiger partial charge in [-0.1, -0.05) is 18.2 Å². The molecule has 1 aromatic heterocycles. The summed E-state index contributed by atoms with van der Waals surface area (Å²) in [6.45, 7) is 0.0708. The van der Waals surface area contributed by atoms with Crippen molar-refractivity contribution in [1.82, 2.24) is 9.88 Å². The molecule has 3 aromatic rings. The first-order valence-electron chi connectivity index (χ1n) is 9.33. The van der Waals surface area contributed by atoms with Gasteiger partial charge in [0.1, 0.15) is 5.75 Å². The molecule has 10 heteroatoms. The lowest BCUT2D eigenvalue weighted by Crippen LogP contribution is -2.41. The molecule has 2 amide bonds. The Hall–Kier alpha value is -4.08. The van der Waals surface area contributed by atoms with E-state index in [-0.39, 0.29) is 34.2 Å². The molecule has 0 saturated heterocycles. The van der Waals surface area contributed by atoms with Crippen LogP contribution in [0.5, 0.6) is 5.75 Å². The standard InChI is InChI=1S/C22H13F3N2O5/c23-22(24,25)18(28)21(31)32-16-8-7-15-17-13(16)5-3-6-14(17)19(29)27(20(15)30)11-9-12-4-1-2-10-26-12/h1-8,10H,9,11H2. The van der Waals surface area contributed by atoms with Gasteiger partial charge in [-0.25, -0.2) is 4.79 Å². The summed E-state index contributed by atoms with van der Waals surface area (Å²) in [4.78, 5) is 53.9. The molecule has 4 rings (SSSR count). The van der Waals surface area contributed by atoms with Crippen molar-refractivity contribution in [3.05, 3.63) is 71.5 Å². The number of benzene rings is 2. The van der Waals surface area contributed by atoms with Crippen molar-refractivity contribution in [2.75, 3.05) is 6.54 Å². The second-order valence-corrected chi connectivity index (χ2v) is 6.89. The van der Waals surface area contributed by atoms with Crippen LogP contribution in [0.1, 0.15) is 26.4 Å². The van der Waals surface area contributed by atoms with E-state index < -0.39 is 29.7 Å². The lowest BCUT2D eigenvalue weighted by atomic mass is 9.93. The number of ketones is 1. The fourth-order valence-corrected chi connectivity index (χ4v) is 3.45. The predicted molar refractivity (Wildman–Crippen MR) is 104 cm³/mol. The Labute approximate surface area is 178 Å². The van der Waals surface area contributed by atoms with Crippen molar-refractivity contribution in [3.63, 3.8) is 0 Å². The van der Waals surface area contributed by atoms with Gasteiger partial charge in [0.25, 0.3) is 11.8 Å². The number of nitrogens with zero attached hydrogens (tertiary/aromatic N) is 2. The molecule has 0 unspecified atom stereocenters. The van der Waals surface area contributed by atoms with Gasteiger partial charge in [0, 0.05) is 46.8 Å². The molecule has 0 saturated carbocycles. The number of hydrogen-bond acceptors (Lipinski definition) is 6. The van der Waals surface area contributed by atoms with Crippen molar-refractivity contribution in [2.45, 2.75) is 12.6 Å². The summed E-state index contributed by atoms with van der Waals surface area (Å²) in [6, 6.07) is 11.9. The smallest absolute Gasteiger partial charge is 0.420 e. The van der Waals surface area contributed by atoms with Gasteiger partial charge in [-0.2, -0.15) is 13.2 Å². The molecule has 0 spiro atoms. The Balaban J connectivity index is 1.68. The minimum atomic E-state index is -5.39. The van der Waals surface area contributed by atoms with Crippen molar-refractivity contribution in [3.8, 4) is 5.75 Å². The van der Waals surface area contributed by atoms with Gasteiger partial charge < -0.3 is 4.74 Å². The summed E-state index contributed by atoms with van der Waals surface area (Å²) in [5.41, 5.74) is 0.935. The van der Waals surface area contributed by atoms with Gasteiger partial charge in [0.15, 0.2) is 0 Å². The Kier molecular flexibility index (Phi) is 5.21. The number of Topliss-reactive ketones (excluding diaryl/α,β-unsaturated/α-hetero) is 1. The fraction of sp³-hybridized carbons (Fsp3) is 0.136. The topological polar surface area (TPSA) is 93.6 Å². The SMILES string of the molecule is O=C(Oc1ccc2c3c(cccc13)C(=O)N(CCc1ccccn1)C2=O)C(=O)C(F)(F)F. The number of carbonyl (C=O) groups excluding carboxylic acids is 4. The molecular weight excluding hydrogens is 429 g/mol. The van der Waals surface area contributed by atoms with Crippen LogP contribution in [0.4, 0.5) is 13.2 Å². The third-order valence-corrected chi connectivity index (χ3v) is 4.91. The molecule has 1 aliphatic heterocycles. The van der Waals surface area contributed by atoms with Crippen LogP contribution < -0.4 is 4.74 Å². The monoisotopic (exact) mass is 442 g/mol. The third kappa shape index (κ3) is 3.70. The van der Waals surface area contributed by atoms with E-state index >= 15 is 0 Å². The lowest BCUT2D eigenvalue weighted by Gasteiger charge is -2.27. The number of esters is 1. The summed E-state index contributed by atoms with van der Waals surface area (Å²) >= 11 is 0. The average molecular weight is 442 g/mol. The summed E-state index contributed by atoms with van der Waals surface area (Å²) < 4.78 is 42.1. The molecule has 32 heavy (non-hydrogen) atoms.